The minimum Gasteiger partial charge on any atom is -0.393 e. The highest BCUT2D eigenvalue weighted by Crippen LogP contribution is 2.58. The average Bonchev–Trinajstić information content (AvgIpc) is 2.55. The lowest BCUT2D eigenvalue weighted by Crippen LogP contribution is -2.36. The summed E-state index contributed by atoms with van der Waals surface area (Å²) >= 11 is 0. The van der Waals surface area contributed by atoms with Gasteiger partial charge in [0, 0.05) is 5.92 Å². The normalized spacial score (nSPS) is 63.2. The fourth-order valence-corrected chi connectivity index (χ4v) is 3.96. The third-order valence-electron chi connectivity index (χ3n) is 4.30. The predicted octanol–water partition coefficient (Wildman–Crippen LogP) is 0.940. The molecule has 0 aromatic carbocycles. The molecule has 0 unspecified atom stereocenters. The Labute approximate surface area is 78.3 Å². The summed E-state index contributed by atoms with van der Waals surface area (Å²) in [6.07, 6.45) is 5.91. The van der Waals surface area contributed by atoms with E-state index >= 15 is 0 Å². The van der Waals surface area contributed by atoms with E-state index in [2.05, 4.69) is 12.2 Å². The van der Waals surface area contributed by atoms with Crippen LogP contribution in [0.4, 0.5) is 0 Å². The Morgan fingerprint density at radius 3 is 2.77 bits per heavy atom. The van der Waals surface area contributed by atoms with Crippen molar-refractivity contribution in [3.63, 3.8) is 0 Å². The monoisotopic (exact) mass is 180 g/mol. The quantitative estimate of drug-likeness (QED) is 0.545. The van der Waals surface area contributed by atoms with Gasteiger partial charge in [-0.05, 0) is 37.5 Å². The summed E-state index contributed by atoms with van der Waals surface area (Å²) in [6, 6.07) is 0. The standard InChI is InChI=1S/C11H16O2/c1-11(13)5-7-3-2-6-4-8(12)10(11)9(6)7/h2-3,6-10,12-13H,4-5H2,1H3/t6-,7+,8-,9-,10+,11+/m1/s1. The van der Waals surface area contributed by atoms with Crippen LogP contribution in [-0.2, 0) is 0 Å². The SMILES string of the molecule is C[C@]1(O)C[C@@H]2C=C[C@@H]3C[C@@H](O)[C@H]1[C@H]32. The zero-order chi connectivity index (χ0) is 9.22. The second-order valence-electron chi connectivity index (χ2n) is 5.18. The molecule has 0 spiro atoms. The molecule has 2 saturated carbocycles. The van der Waals surface area contributed by atoms with Crippen LogP contribution in [0.5, 0.6) is 0 Å². The summed E-state index contributed by atoms with van der Waals surface area (Å²) in [7, 11) is 0. The molecular formula is C11H16O2. The number of allylic oxidation sites excluding steroid dienone is 2. The highest BCUT2D eigenvalue weighted by molar-refractivity contribution is 5.21. The second-order valence-corrected chi connectivity index (χ2v) is 5.18. The minimum absolute atomic E-state index is 0.123. The molecule has 3 aliphatic rings. The first-order valence-corrected chi connectivity index (χ1v) is 5.18. The Bertz CT molecular complexity index is 269. The molecule has 3 aliphatic carbocycles. The molecule has 6 atom stereocenters. The highest BCUT2D eigenvalue weighted by Gasteiger charge is 2.59. The maximum Gasteiger partial charge on any atom is 0.0681 e. The summed E-state index contributed by atoms with van der Waals surface area (Å²) in [4.78, 5) is 0. The smallest absolute Gasteiger partial charge is 0.0681 e. The first-order valence-electron chi connectivity index (χ1n) is 5.18. The van der Waals surface area contributed by atoms with E-state index in [0.29, 0.717) is 17.8 Å². The van der Waals surface area contributed by atoms with Crippen LogP contribution in [0.15, 0.2) is 12.2 Å². The van der Waals surface area contributed by atoms with E-state index in [1.807, 2.05) is 6.92 Å². The number of rotatable bonds is 0. The van der Waals surface area contributed by atoms with Gasteiger partial charge in [-0.3, -0.25) is 0 Å². The van der Waals surface area contributed by atoms with E-state index < -0.39 is 5.60 Å². The molecule has 0 aromatic rings. The molecule has 72 valence electrons. The minimum atomic E-state index is -0.631. The van der Waals surface area contributed by atoms with Crippen LogP contribution in [0.1, 0.15) is 19.8 Å². The van der Waals surface area contributed by atoms with Crippen LogP contribution in [0.2, 0.25) is 0 Å². The van der Waals surface area contributed by atoms with Crippen LogP contribution in [0.25, 0.3) is 0 Å². The molecular weight excluding hydrogens is 164 g/mol. The van der Waals surface area contributed by atoms with Crippen LogP contribution in [0, 0.1) is 23.7 Å². The third kappa shape index (κ3) is 0.856. The van der Waals surface area contributed by atoms with Gasteiger partial charge in [-0.15, -0.1) is 0 Å². The lowest BCUT2D eigenvalue weighted by molar-refractivity contribution is -0.0338. The van der Waals surface area contributed by atoms with Gasteiger partial charge in [-0.1, -0.05) is 12.2 Å². The van der Waals surface area contributed by atoms with Crippen molar-refractivity contribution in [1.29, 1.82) is 0 Å². The van der Waals surface area contributed by atoms with Crippen molar-refractivity contribution in [3.8, 4) is 0 Å². The van der Waals surface area contributed by atoms with E-state index in [1.54, 1.807) is 0 Å². The summed E-state index contributed by atoms with van der Waals surface area (Å²) in [5, 5.41) is 20.0. The van der Waals surface area contributed by atoms with Crippen molar-refractivity contribution in [1.82, 2.24) is 0 Å². The fourth-order valence-electron chi connectivity index (χ4n) is 3.96. The Balaban J connectivity index is 2.03. The predicted molar refractivity (Wildman–Crippen MR) is 49.0 cm³/mol. The van der Waals surface area contributed by atoms with Crippen molar-refractivity contribution >= 4 is 0 Å². The Kier molecular flexibility index (Phi) is 1.34. The van der Waals surface area contributed by atoms with Crippen LogP contribution >= 0.6 is 0 Å². The Morgan fingerprint density at radius 1 is 1.31 bits per heavy atom. The molecule has 0 saturated heterocycles. The van der Waals surface area contributed by atoms with E-state index in [0.717, 1.165) is 12.8 Å². The number of hydrogen-bond acceptors (Lipinski definition) is 2. The van der Waals surface area contributed by atoms with Gasteiger partial charge >= 0.3 is 0 Å². The van der Waals surface area contributed by atoms with E-state index in [9.17, 15) is 10.2 Å². The molecule has 0 radical (unpaired) electrons. The zero-order valence-electron chi connectivity index (χ0n) is 7.85. The van der Waals surface area contributed by atoms with E-state index in [-0.39, 0.29) is 12.0 Å². The lowest BCUT2D eigenvalue weighted by atomic mass is 9.86. The first kappa shape index (κ1) is 8.01. The maximum atomic E-state index is 10.2. The van der Waals surface area contributed by atoms with Gasteiger partial charge in [-0.25, -0.2) is 0 Å². The van der Waals surface area contributed by atoms with Gasteiger partial charge in [0.05, 0.1) is 11.7 Å². The summed E-state index contributed by atoms with van der Waals surface area (Å²) in [6.45, 7) is 1.88. The molecule has 2 heteroatoms. The molecule has 13 heavy (non-hydrogen) atoms. The summed E-state index contributed by atoms with van der Waals surface area (Å²) in [5.74, 6) is 1.73. The Morgan fingerprint density at radius 2 is 2.00 bits per heavy atom. The number of aliphatic hydroxyl groups excluding tert-OH is 1. The molecule has 3 rings (SSSR count). The number of hydrogen-bond donors (Lipinski definition) is 2. The van der Waals surface area contributed by atoms with Crippen LogP contribution < -0.4 is 0 Å². The van der Waals surface area contributed by atoms with Gasteiger partial charge in [0.1, 0.15) is 0 Å². The van der Waals surface area contributed by atoms with Gasteiger partial charge in [0.25, 0.3) is 0 Å². The highest BCUT2D eigenvalue weighted by atomic mass is 16.3. The maximum absolute atomic E-state index is 10.2. The largest absolute Gasteiger partial charge is 0.393 e. The summed E-state index contributed by atoms with van der Waals surface area (Å²) < 4.78 is 0. The van der Waals surface area contributed by atoms with Crippen molar-refractivity contribution in [2.75, 3.05) is 0 Å². The van der Waals surface area contributed by atoms with Gasteiger partial charge < -0.3 is 10.2 Å². The molecule has 2 fully saturated rings. The topological polar surface area (TPSA) is 40.5 Å². The number of aliphatic hydroxyl groups is 2. The summed E-state index contributed by atoms with van der Waals surface area (Å²) in [5.41, 5.74) is -0.631. The van der Waals surface area contributed by atoms with Crippen LogP contribution in [-0.4, -0.2) is 21.9 Å². The molecule has 0 aliphatic heterocycles. The van der Waals surface area contributed by atoms with Crippen molar-refractivity contribution in [2.45, 2.75) is 31.5 Å². The van der Waals surface area contributed by atoms with E-state index in [1.165, 1.54) is 0 Å². The lowest BCUT2D eigenvalue weighted by Gasteiger charge is -2.27. The van der Waals surface area contributed by atoms with Crippen molar-refractivity contribution < 1.29 is 10.2 Å². The average molecular weight is 180 g/mol. The fraction of sp³-hybridized carbons (Fsp3) is 0.818. The van der Waals surface area contributed by atoms with Gasteiger partial charge in [0.15, 0.2) is 0 Å². The molecule has 2 nitrogen and oxygen atoms in total. The van der Waals surface area contributed by atoms with Crippen molar-refractivity contribution in [2.24, 2.45) is 23.7 Å². The third-order valence-corrected chi connectivity index (χ3v) is 4.30. The van der Waals surface area contributed by atoms with Crippen molar-refractivity contribution in [3.05, 3.63) is 12.2 Å². The molecule has 0 amide bonds. The van der Waals surface area contributed by atoms with Gasteiger partial charge in [-0.2, -0.15) is 0 Å². The second kappa shape index (κ2) is 2.18. The molecule has 2 N–H and O–H groups in total. The molecule has 0 aromatic heterocycles. The zero-order valence-corrected chi connectivity index (χ0v) is 7.85. The molecule has 0 bridgehead atoms. The first-order chi connectivity index (χ1) is 6.09. The van der Waals surface area contributed by atoms with E-state index in [4.69, 9.17) is 0 Å². The van der Waals surface area contributed by atoms with Gasteiger partial charge in [0.2, 0.25) is 0 Å². The van der Waals surface area contributed by atoms with Crippen LogP contribution in [0.3, 0.4) is 0 Å². The Hall–Kier alpha value is -0.340. The molecule has 0 heterocycles.